The summed E-state index contributed by atoms with van der Waals surface area (Å²) < 4.78 is 21.0. The number of rotatable bonds is 13. The van der Waals surface area contributed by atoms with E-state index in [0.29, 0.717) is 55.1 Å². The fourth-order valence-corrected chi connectivity index (χ4v) is 7.85. The number of pyridine rings is 1. The van der Waals surface area contributed by atoms with E-state index in [1.807, 2.05) is 19.1 Å². The number of H-pyrrole nitrogens is 1. The van der Waals surface area contributed by atoms with Crippen molar-refractivity contribution in [3.8, 4) is 5.75 Å². The summed E-state index contributed by atoms with van der Waals surface area (Å²) in [5, 5.41) is 5.95. The van der Waals surface area contributed by atoms with Crippen LogP contribution in [0.25, 0.3) is 10.9 Å². The van der Waals surface area contributed by atoms with Crippen LogP contribution >= 0.6 is 0 Å². The van der Waals surface area contributed by atoms with Crippen molar-refractivity contribution < 1.29 is 28.3 Å². The zero-order valence-electron chi connectivity index (χ0n) is 31.3. The first kappa shape index (κ1) is 38.4. The Morgan fingerprint density at radius 1 is 1.11 bits per heavy atom. The number of benzene rings is 2. The van der Waals surface area contributed by atoms with E-state index < -0.39 is 11.7 Å². The van der Waals surface area contributed by atoms with Crippen molar-refractivity contribution in [3.05, 3.63) is 82.9 Å². The average molecular weight is 740 g/mol. The summed E-state index contributed by atoms with van der Waals surface area (Å²) >= 11 is 0. The molecule has 7 rings (SSSR count). The van der Waals surface area contributed by atoms with Gasteiger partial charge in [-0.25, -0.2) is 9.37 Å². The Morgan fingerprint density at radius 2 is 1.91 bits per heavy atom. The smallest absolute Gasteiger partial charge is 0.259 e. The number of aromatic amines is 1. The third-order valence-electron chi connectivity index (χ3n) is 10.8. The van der Waals surface area contributed by atoms with Crippen LogP contribution in [0.15, 0.2) is 54.7 Å². The minimum atomic E-state index is -0.651. The van der Waals surface area contributed by atoms with Crippen molar-refractivity contribution >= 4 is 46.9 Å². The maximum Gasteiger partial charge on any atom is 0.259 e. The summed E-state index contributed by atoms with van der Waals surface area (Å²) in [7, 11) is 3.69. The third kappa shape index (κ3) is 8.57. The average Bonchev–Trinajstić information content (AvgIpc) is 3.90. The minimum absolute atomic E-state index is 0.0583. The molecule has 3 aliphatic heterocycles. The Balaban J connectivity index is 0.00000119. The number of carbonyl (C=O) groups is 4. The highest BCUT2D eigenvalue weighted by molar-refractivity contribution is 6.04. The van der Waals surface area contributed by atoms with Crippen molar-refractivity contribution in [2.75, 3.05) is 50.6 Å². The Labute approximate surface area is 315 Å². The Bertz CT molecular complexity index is 1960. The Hall–Kier alpha value is -5.30. The molecule has 4 aromatic rings. The van der Waals surface area contributed by atoms with Gasteiger partial charge in [-0.05, 0) is 88.4 Å². The lowest BCUT2D eigenvalue weighted by molar-refractivity contribution is -0.112. The van der Waals surface area contributed by atoms with Crippen LogP contribution in [0.3, 0.4) is 0 Å². The van der Waals surface area contributed by atoms with Gasteiger partial charge in [0.25, 0.3) is 11.8 Å². The molecule has 0 radical (unpaired) electrons. The number of hydrogen-bond acceptors (Lipinski definition) is 8. The summed E-state index contributed by atoms with van der Waals surface area (Å²) in [4.78, 5) is 61.1. The number of likely N-dealkylation sites (tertiary alicyclic amines) is 1. The number of carbonyl (C=O) groups excluding carboxylic acids is 4. The van der Waals surface area contributed by atoms with Crippen LogP contribution < -0.4 is 20.3 Å². The zero-order chi connectivity index (χ0) is 38.2. The topological polar surface area (TPSA) is 140 Å². The standard InChI is InChI=1S/C39H45FN6O4.C2H5NO/c1-3-6-27(24-47)46-23-31-29(39(46)49)7-4-8-35(31)45-16-12-25(13-17-45)14-18-50-28-10-11-30(32(40)20-28)38(48)43-37-21-33-26(22-41-37)19-34(42-33)36-9-5-15-44(36)2;1-3-2-4/h4,7-8,10-11,19-22,24-25,27,36,42H,3,5-6,9,12-18,23H2,1-2H3,(H,41,43,48);2H,1H3,(H,3,4). The number of piperidine rings is 1. The fraction of sp³-hybridized carbons (Fsp3) is 0.439. The molecule has 0 spiro atoms. The molecule has 54 heavy (non-hydrogen) atoms. The van der Waals surface area contributed by atoms with Gasteiger partial charge in [0.15, 0.2) is 0 Å². The molecule has 5 heterocycles. The minimum Gasteiger partial charge on any atom is -0.493 e. The number of ether oxygens (including phenoxy) is 1. The van der Waals surface area contributed by atoms with Crippen LogP contribution in [-0.4, -0.2) is 90.7 Å². The monoisotopic (exact) mass is 739 g/mol. The number of fused-ring (bicyclic) bond motifs is 2. The maximum atomic E-state index is 15.1. The van der Waals surface area contributed by atoms with Gasteiger partial charge in [0, 0.05) is 78.9 Å². The van der Waals surface area contributed by atoms with Crippen LogP contribution in [-0.2, 0) is 16.1 Å². The van der Waals surface area contributed by atoms with Gasteiger partial charge in [0.1, 0.15) is 23.7 Å². The first-order valence-corrected chi connectivity index (χ1v) is 18.9. The van der Waals surface area contributed by atoms with Crippen LogP contribution in [0.4, 0.5) is 15.9 Å². The zero-order valence-corrected chi connectivity index (χ0v) is 31.3. The van der Waals surface area contributed by atoms with Crippen molar-refractivity contribution in [1.82, 2.24) is 25.1 Å². The molecule has 2 unspecified atom stereocenters. The predicted octanol–water partition coefficient (Wildman–Crippen LogP) is 6.09. The number of nitrogens with one attached hydrogen (secondary N) is 3. The van der Waals surface area contributed by atoms with Crippen molar-refractivity contribution in [3.63, 3.8) is 0 Å². The second kappa shape index (κ2) is 17.7. The summed E-state index contributed by atoms with van der Waals surface area (Å²) in [6.07, 6.45) is 9.81. The van der Waals surface area contributed by atoms with Gasteiger partial charge in [-0.2, -0.15) is 0 Å². The van der Waals surface area contributed by atoms with E-state index in [1.54, 1.807) is 30.3 Å². The number of aldehydes is 1. The third-order valence-corrected chi connectivity index (χ3v) is 10.8. The molecule has 2 aromatic heterocycles. The van der Waals surface area contributed by atoms with Crippen LogP contribution in [0.2, 0.25) is 0 Å². The highest BCUT2D eigenvalue weighted by Gasteiger charge is 2.35. The van der Waals surface area contributed by atoms with Gasteiger partial charge in [0.05, 0.1) is 23.7 Å². The van der Waals surface area contributed by atoms with Crippen molar-refractivity contribution in [2.24, 2.45) is 5.92 Å². The number of halogens is 1. The Kier molecular flexibility index (Phi) is 12.6. The lowest BCUT2D eigenvalue weighted by Gasteiger charge is -2.34. The molecule has 286 valence electrons. The largest absolute Gasteiger partial charge is 0.493 e. The predicted molar refractivity (Wildman–Crippen MR) is 206 cm³/mol. The molecule has 3 amide bonds. The van der Waals surface area contributed by atoms with Gasteiger partial charge in [-0.3, -0.25) is 19.3 Å². The molecular weight excluding hydrogens is 689 g/mol. The SMILES string of the molecule is CCCC(C=O)N1Cc2c(cccc2N2CCC(CCOc3ccc(C(=O)Nc4cc5[nH]c(C6CCCN6C)cc5cn4)c(F)c3)CC2)C1=O.CNC=O. The van der Waals surface area contributed by atoms with Crippen molar-refractivity contribution in [2.45, 2.75) is 70.5 Å². The molecule has 3 N–H and O–H groups in total. The molecule has 12 nitrogen and oxygen atoms in total. The quantitative estimate of drug-likeness (QED) is 0.140. The molecular formula is C41H50FN7O5. The van der Waals surface area contributed by atoms with E-state index in [0.717, 1.165) is 92.3 Å². The number of nitrogens with zero attached hydrogens (tertiary/aromatic N) is 4. The second-order valence-corrected chi connectivity index (χ2v) is 14.3. The molecule has 0 bridgehead atoms. The molecule has 2 aromatic carbocycles. The lowest BCUT2D eigenvalue weighted by atomic mass is 9.93. The highest BCUT2D eigenvalue weighted by Crippen LogP contribution is 2.36. The summed E-state index contributed by atoms with van der Waals surface area (Å²) in [5.41, 5.74) is 4.74. The van der Waals surface area contributed by atoms with E-state index in [2.05, 4.69) is 49.6 Å². The molecule has 2 fully saturated rings. The van der Waals surface area contributed by atoms with Crippen molar-refractivity contribution in [1.29, 1.82) is 0 Å². The van der Waals surface area contributed by atoms with Gasteiger partial charge in [-0.15, -0.1) is 0 Å². The van der Waals surface area contributed by atoms with Gasteiger partial charge in [-0.1, -0.05) is 19.4 Å². The molecule has 0 aliphatic carbocycles. The van der Waals surface area contributed by atoms with E-state index in [1.165, 1.54) is 12.1 Å². The second-order valence-electron chi connectivity index (χ2n) is 14.3. The molecule has 0 saturated carbocycles. The summed E-state index contributed by atoms with van der Waals surface area (Å²) in [6.45, 7) is 5.74. The van der Waals surface area contributed by atoms with E-state index in [9.17, 15) is 14.4 Å². The van der Waals surface area contributed by atoms with Gasteiger partial charge in [0.2, 0.25) is 6.41 Å². The van der Waals surface area contributed by atoms with Gasteiger partial charge >= 0.3 is 0 Å². The van der Waals surface area contributed by atoms with E-state index in [-0.39, 0.29) is 17.5 Å². The van der Waals surface area contributed by atoms with E-state index >= 15 is 4.39 Å². The Morgan fingerprint density at radius 3 is 2.59 bits per heavy atom. The molecule has 13 heteroatoms. The lowest BCUT2D eigenvalue weighted by Crippen LogP contribution is -2.37. The maximum absolute atomic E-state index is 15.1. The first-order valence-electron chi connectivity index (χ1n) is 18.9. The summed E-state index contributed by atoms with van der Waals surface area (Å²) in [5.74, 6) is -0.0792. The van der Waals surface area contributed by atoms with Crippen LogP contribution in [0.1, 0.15) is 89.9 Å². The number of anilines is 2. The fourth-order valence-electron chi connectivity index (χ4n) is 7.85. The molecule has 2 saturated heterocycles. The van der Waals surface area contributed by atoms with Crippen LogP contribution in [0, 0.1) is 11.7 Å². The first-order chi connectivity index (χ1) is 26.2. The molecule has 2 atom stereocenters. The van der Waals surface area contributed by atoms with Gasteiger partial charge < -0.3 is 34.9 Å². The highest BCUT2D eigenvalue weighted by atomic mass is 19.1. The number of aromatic nitrogens is 2. The number of hydrogen-bond donors (Lipinski definition) is 3. The summed E-state index contributed by atoms with van der Waals surface area (Å²) in [6, 6.07) is 14.1. The number of amides is 3. The van der Waals surface area contributed by atoms with E-state index in [4.69, 9.17) is 9.53 Å². The molecule has 3 aliphatic rings. The normalized spacial score (nSPS) is 17.9. The van der Waals surface area contributed by atoms with Crippen LogP contribution in [0.5, 0.6) is 5.75 Å².